The molecule has 1 heterocycles. The molecule has 0 aliphatic rings. The number of pyridine rings is 1. The van der Waals surface area contributed by atoms with Crippen LogP contribution in [0.3, 0.4) is 0 Å². The van der Waals surface area contributed by atoms with Crippen LogP contribution in [0.25, 0.3) is 0 Å². The second-order valence-electron chi connectivity index (χ2n) is 2.82. The summed E-state index contributed by atoms with van der Waals surface area (Å²) >= 11 is 0. The van der Waals surface area contributed by atoms with Crippen LogP contribution in [0.2, 0.25) is 0 Å². The molecule has 0 spiro atoms. The summed E-state index contributed by atoms with van der Waals surface area (Å²) in [6.45, 7) is 0. The average molecular weight is 231 g/mol. The summed E-state index contributed by atoms with van der Waals surface area (Å²) in [4.78, 5) is 31.8. The fourth-order valence-corrected chi connectivity index (χ4v) is 1.34. The molecule has 0 bridgehead atoms. The summed E-state index contributed by atoms with van der Waals surface area (Å²) in [7, 11) is -4.34. The van der Waals surface area contributed by atoms with E-state index >= 15 is 0 Å². The Morgan fingerprint density at radius 3 is 2.73 bits per heavy atom. The number of nitrogen functional groups attached to an aromatic ring is 1. The molecule has 1 aromatic rings. The molecule has 82 valence electrons. The first-order valence-electron chi connectivity index (χ1n) is 3.94. The third-order valence-electron chi connectivity index (χ3n) is 1.39. The lowest BCUT2D eigenvalue weighted by Gasteiger charge is -2.05. The highest BCUT2D eigenvalue weighted by Gasteiger charge is 2.19. The Labute approximate surface area is 85.5 Å². The summed E-state index contributed by atoms with van der Waals surface area (Å²) in [6.07, 6.45) is -0.872. The number of amides is 1. The van der Waals surface area contributed by atoms with E-state index in [0.717, 1.165) is 0 Å². The van der Waals surface area contributed by atoms with E-state index in [1.807, 2.05) is 0 Å². The first-order chi connectivity index (χ1) is 6.87. The minimum absolute atomic E-state index is 0.161. The van der Waals surface area contributed by atoms with Crippen LogP contribution in [-0.2, 0) is 9.36 Å². The van der Waals surface area contributed by atoms with Gasteiger partial charge in [0.1, 0.15) is 17.8 Å². The summed E-state index contributed by atoms with van der Waals surface area (Å²) < 4.78 is 10.5. The summed E-state index contributed by atoms with van der Waals surface area (Å²) in [6, 6.07) is 4.56. The molecule has 8 heteroatoms. The third-order valence-corrected chi connectivity index (χ3v) is 2.09. The summed E-state index contributed by atoms with van der Waals surface area (Å²) in [5.41, 5.74) is 5.35. The summed E-state index contributed by atoms with van der Waals surface area (Å²) in [5, 5.41) is 2.22. The van der Waals surface area contributed by atoms with Crippen LogP contribution in [0.1, 0.15) is 0 Å². The first kappa shape index (κ1) is 11.6. The number of nitrogens with two attached hydrogens (primary N) is 1. The number of aromatic nitrogens is 1. The number of rotatable bonds is 3. The highest BCUT2D eigenvalue weighted by atomic mass is 31.2. The van der Waals surface area contributed by atoms with Gasteiger partial charge in [0.25, 0.3) is 0 Å². The largest absolute Gasteiger partial charge is 0.384 e. The van der Waals surface area contributed by atoms with Crippen LogP contribution in [0.5, 0.6) is 0 Å². The van der Waals surface area contributed by atoms with Gasteiger partial charge >= 0.3 is 7.60 Å². The molecule has 0 saturated heterocycles. The van der Waals surface area contributed by atoms with E-state index in [-0.39, 0.29) is 11.6 Å². The normalized spacial score (nSPS) is 11.1. The SMILES string of the molecule is Nc1cccc(NC(=O)CP(=O)(O)O)n1. The average Bonchev–Trinajstić information content (AvgIpc) is 1.99. The molecule has 1 aromatic heterocycles. The van der Waals surface area contributed by atoms with Gasteiger partial charge in [-0.2, -0.15) is 0 Å². The molecule has 0 fully saturated rings. The highest BCUT2D eigenvalue weighted by molar-refractivity contribution is 7.52. The molecule has 1 amide bonds. The van der Waals surface area contributed by atoms with Gasteiger partial charge in [-0.3, -0.25) is 9.36 Å². The van der Waals surface area contributed by atoms with Crippen molar-refractivity contribution >= 4 is 25.1 Å². The van der Waals surface area contributed by atoms with Crippen molar-refractivity contribution in [2.75, 3.05) is 17.2 Å². The van der Waals surface area contributed by atoms with E-state index in [1.54, 1.807) is 6.07 Å². The molecule has 0 aliphatic heterocycles. The molecule has 0 aromatic carbocycles. The lowest BCUT2D eigenvalue weighted by molar-refractivity contribution is -0.114. The molecule has 0 unspecified atom stereocenters. The van der Waals surface area contributed by atoms with Crippen molar-refractivity contribution in [2.45, 2.75) is 0 Å². The zero-order valence-corrected chi connectivity index (χ0v) is 8.52. The zero-order chi connectivity index (χ0) is 11.5. The van der Waals surface area contributed by atoms with Crippen molar-refractivity contribution < 1.29 is 19.1 Å². The predicted octanol–water partition coefficient (Wildman–Crippen LogP) is -0.220. The van der Waals surface area contributed by atoms with Crippen molar-refractivity contribution in [1.29, 1.82) is 0 Å². The van der Waals surface area contributed by atoms with Gasteiger partial charge in [0.2, 0.25) is 5.91 Å². The van der Waals surface area contributed by atoms with Gasteiger partial charge < -0.3 is 20.8 Å². The van der Waals surface area contributed by atoms with Crippen LogP contribution in [-0.4, -0.2) is 26.8 Å². The monoisotopic (exact) mass is 231 g/mol. The maximum atomic E-state index is 11.1. The Bertz CT molecular complexity index is 416. The standard InChI is InChI=1S/C7H10N3O4P/c8-5-2-1-3-6(9-5)10-7(11)4-15(12,13)14/h1-3H,4H2,(H2,12,13,14)(H3,8,9,10,11). The van der Waals surface area contributed by atoms with Crippen molar-refractivity contribution in [3.63, 3.8) is 0 Å². The van der Waals surface area contributed by atoms with Crippen molar-refractivity contribution in [3.05, 3.63) is 18.2 Å². The maximum absolute atomic E-state index is 11.1. The van der Waals surface area contributed by atoms with Crippen molar-refractivity contribution in [3.8, 4) is 0 Å². The van der Waals surface area contributed by atoms with Crippen LogP contribution in [0.15, 0.2) is 18.2 Å². The third kappa shape index (κ3) is 4.55. The molecule has 15 heavy (non-hydrogen) atoms. The lowest BCUT2D eigenvalue weighted by atomic mass is 10.4. The molecule has 0 atom stereocenters. The molecule has 5 N–H and O–H groups in total. The van der Waals surface area contributed by atoms with E-state index in [1.165, 1.54) is 12.1 Å². The van der Waals surface area contributed by atoms with E-state index in [4.69, 9.17) is 15.5 Å². The van der Waals surface area contributed by atoms with Gasteiger partial charge in [0, 0.05) is 0 Å². The van der Waals surface area contributed by atoms with Gasteiger partial charge in [0.05, 0.1) is 0 Å². The van der Waals surface area contributed by atoms with E-state index in [9.17, 15) is 9.36 Å². The maximum Gasteiger partial charge on any atom is 0.334 e. The number of carbonyl (C=O) groups excluding carboxylic acids is 1. The second kappa shape index (κ2) is 4.39. The smallest absolute Gasteiger partial charge is 0.334 e. The van der Waals surface area contributed by atoms with Crippen LogP contribution in [0, 0.1) is 0 Å². The van der Waals surface area contributed by atoms with Crippen molar-refractivity contribution in [1.82, 2.24) is 4.98 Å². The quantitative estimate of drug-likeness (QED) is 0.533. The molecule has 1 rings (SSSR count). The Morgan fingerprint density at radius 1 is 1.53 bits per heavy atom. The number of carbonyl (C=O) groups is 1. The van der Waals surface area contributed by atoms with E-state index < -0.39 is 19.7 Å². The number of nitrogens with zero attached hydrogens (tertiary/aromatic N) is 1. The number of hydrogen-bond acceptors (Lipinski definition) is 4. The second-order valence-corrected chi connectivity index (χ2v) is 4.46. The molecule has 0 aliphatic carbocycles. The molecular formula is C7H10N3O4P. The van der Waals surface area contributed by atoms with Crippen LogP contribution < -0.4 is 11.1 Å². The van der Waals surface area contributed by atoms with Gasteiger partial charge in [-0.15, -0.1) is 0 Å². The minimum Gasteiger partial charge on any atom is -0.384 e. The fourth-order valence-electron chi connectivity index (χ4n) is 0.891. The number of hydrogen-bond donors (Lipinski definition) is 4. The molecule has 7 nitrogen and oxygen atoms in total. The van der Waals surface area contributed by atoms with E-state index in [0.29, 0.717) is 0 Å². The Balaban J connectivity index is 2.63. The van der Waals surface area contributed by atoms with Crippen molar-refractivity contribution in [2.24, 2.45) is 0 Å². The highest BCUT2D eigenvalue weighted by Crippen LogP contribution is 2.33. The Kier molecular flexibility index (Phi) is 3.41. The Hall–Kier alpha value is -1.43. The van der Waals surface area contributed by atoms with E-state index in [2.05, 4.69) is 10.3 Å². The number of nitrogens with one attached hydrogen (secondary N) is 1. The summed E-state index contributed by atoms with van der Waals surface area (Å²) in [5.74, 6) is -0.432. The van der Waals surface area contributed by atoms with Gasteiger partial charge in [-0.25, -0.2) is 4.98 Å². The molecule has 0 radical (unpaired) electrons. The van der Waals surface area contributed by atoms with Crippen LogP contribution >= 0.6 is 7.60 Å². The van der Waals surface area contributed by atoms with Gasteiger partial charge in [-0.1, -0.05) is 6.07 Å². The molecular weight excluding hydrogens is 221 g/mol. The Morgan fingerprint density at radius 2 is 2.20 bits per heavy atom. The lowest BCUT2D eigenvalue weighted by Crippen LogP contribution is -2.17. The van der Waals surface area contributed by atoms with Crippen LogP contribution in [0.4, 0.5) is 11.6 Å². The molecule has 0 saturated carbocycles. The minimum atomic E-state index is -4.34. The zero-order valence-electron chi connectivity index (χ0n) is 7.62. The predicted molar refractivity (Wildman–Crippen MR) is 54.2 cm³/mol. The fraction of sp³-hybridized carbons (Fsp3) is 0.143. The van der Waals surface area contributed by atoms with Gasteiger partial charge in [0.15, 0.2) is 0 Å². The first-order valence-corrected chi connectivity index (χ1v) is 5.73. The van der Waals surface area contributed by atoms with Gasteiger partial charge in [-0.05, 0) is 12.1 Å². The topological polar surface area (TPSA) is 126 Å². The number of anilines is 2.